The van der Waals surface area contributed by atoms with Crippen molar-refractivity contribution in [2.45, 2.75) is 0 Å². The molecular formula is C17H11BrClNO. The lowest BCUT2D eigenvalue weighted by Crippen LogP contribution is -2.11. The van der Waals surface area contributed by atoms with E-state index in [2.05, 4.69) is 21.2 Å². The number of fused-ring (bicyclic) bond motifs is 1. The summed E-state index contributed by atoms with van der Waals surface area (Å²) in [6.07, 6.45) is 0. The second-order valence-corrected chi connectivity index (χ2v) is 5.91. The molecule has 3 aromatic rings. The van der Waals surface area contributed by atoms with Gasteiger partial charge in [-0.1, -0.05) is 41.9 Å². The maximum Gasteiger partial charge on any atom is 0.255 e. The lowest BCUT2D eigenvalue weighted by atomic mass is 10.1. The van der Waals surface area contributed by atoms with E-state index in [1.807, 2.05) is 42.5 Å². The van der Waals surface area contributed by atoms with Gasteiger partial charge in [-0.15, -0.1) is 0 Å². The topological polar surface area (TPSA) is 29.1 Å². The van der Waals surface area contributed by atoms with Crippen LogP contribution in [0.15, 0.2) is 65.1 Å². The van der Waals surface area contributed by atoms with E-state index in [0.717, 1.165) is 20.9 Å². The zero-order valence-corrected chi connectivity index (χ0v) is 13.3. The molecule has 0 aliphatic carbocycles. The lowest BCUT2D eigenvalue weighted by Gasteiger charge is -2.07. The Hall–Kier alpha value is -1.84. The van der Waals surface area contributed by atoms with E-state index in [0.29, 0.717) is 10.6 Å². The summed E-state index contributed by atoms with van der Waals surface area (Å²) in [7, 11) is 0. The third kappa shape index (κ3) is 3.09. The average Bonchev–Trinajstić information content (AvgIpc) is 2.50. The zero-order chi connectivity index (χ0) is 14.8. The number of rotatable bonds is 2. The predicted molar refractivity (Wildman–Crippen MR) is 91.1 cm³/mol. The van der Waals surface area contributed by atoms with Crippen LogP contribution in [0.1, 0.15) is 10.4 Å². The first-order valence-corrected chi connectivity index (χ1v) is 7.56. The van der Waals surface area contributed by atoms with E-state index in [1.165, 1.54) is 0 Å². The summed E-state index contributed by atoms with van der Waals surface area (Å²) in [4.78, 5) is 12.2. The fourth-order valence-electron chi connectivity index (χ4n) is 2.11. The molecule has 0 radical (unpaired) electrons. The quantitative estimate of drug-likeness (QED) is 0.641. The molecule has 0 saturated carbocycles. The minimum absolute atomic E-state index is 0.181. The smallest absolute Gasteiger partial charge is 0.255 e. The number of nitrogens with one attached hydrogen (secondary N) is 1. The number of anilines is 1. The number of hydrogen-bond donors (Lipinski definition) is 1. The van der Waals surface area contributed by atoms with Gasteiger partial charge in [0.2, 0.25) is 0 Å². The Labute approximate surface area is 135 Å². The van der Waals surface area contributed by atoms with Crippen LogP contribution in [-0.4, -0.2) is 5.91 Å². The van der Waals surface area contributed by atoms with Gasteiger partial charge in [-0.25, -0.2) is 0 Å². The van der Waals surface area contributed by atoms with E-state index in [4.69, 9.17) is 11.6 Å². The van der Waals surface area contributed by atoms with Crippen molar-refractivity contribution in [3.05, 3.63) is 75.7 Å². The zero-order valence-electron chi connectivity index (χ0n) is 10.9. The molecule has 0 atom stereocenters. The van der Waals surface area contributed by atoms with Crippen molar-refractivity contribution in [1.82, 2.24) is 0 Å². The van der Waals surface area contributed by atoms with Gasteiger partial charge in [0, 0.05) is 15.7 Å². The molecule has 0 saturated heterocycles. The maximum absolute atomic E-state index is 12.2. The molecule has 2 nitrogen and oxygen atoms in total. The standard InChI is InChI=1S/C17H11BrClNO/c18-15-8-6-13(10-16(15)19)17(21)20-14-7-5-11-3-1-2-4-12(11)9-14/h1-10H,(H,20,21). The van der Waals surface area contributed by atoms with Gasteiger partial charge in [0.25, 0.3) is 5.91 Å². The Morgan fingerprint density at radius 3 is 2.48 bits per heavy atom. The van der Waals surface area contributed by atoms with E-state index in [1.54, 1.807) is 18.2 Å². The van der Waals surface area contributed by atoms with Crippen LogP contribution in [0.2, 0.25) is 5.02 Å². The van der Waals surface area contributed by atoms with Crippen LogP contribution in [0.3, 0.4) is 0 Å². The number of hydrogen-bond acceptors (Lipinski definition) is 1. The van der Waals surface area contributed by atoms with E-state index in [-0.39, 0.29) is 5.91 Å². The molecule has 1 N–H and O–H groups in total. The minimum Gasteiger partial charge on any atom is -0.322 e. The molecule has 0 aliphatic heterocycles. The van der Waals surface area contributed by atoms with Crippen molar-refractivity contribution in [2.24, 2.45) is 0 Å². The van der Waals surface area contributed by atoms with Crippen LogP contribution in [0.25, 0.3) is 10.8 Å². The van der Waals surface area contributed by atoms with Crippen molar-refractivity contribution >= 4 is 49.9 Å². The van der Waals surface area contributed by atoms with Gasteiger partial charge in [-0.05, 0) is 57.0 Å². The van der Waals surface area contributed by atoms with Gasteiger partial charge >= 0.3 is 0 Å². The molecule has 0 fully saturated rings. The summed E-state index contributed by atoms with van der Waals surface area (Å²) < 4.78 is 0.770. The molecule has 0 aromatic heterocycles. The molecule has 104 valence electrons. The molecule has 3 aromatic carbocycles. The Morgan fingerprint density at radius 2 is 1.71 bits per heavy atom. The predicted octanol–water partition coefficient (Wildman–Crippen LogP) is 5.51. The second-order valence-electron chi connectivity index (χ2n) is 4.64. The normalized spacial score (nSPS) is 10.6. The van der Waals surface area contributed by atoms with Crippen LogP contribution in [0, 0.1) is 0 Å². The van der Waals surface area contributed by atoms with Gasteiger partial charge in [0.05, 0.1) is 5.02 Å². The molecule has 0 unspecified atom stereocenters. The highest BCUT2D eigenvalue weighted by atomic mass is 79.9. The van der Waals surface area contributed by atoms with E-state index < -0.39 is 0 Å². The number of carbonyl (C=O) groups is 1. The third-order valence-corrected chi connectivity index (χ3v) is 4.42. The SMILES string of the molecule is O=C(Nc1ccc2ccccc2c1)c1ccc(Br)c(Cl)c1. The summed E-state index contributed by atoms with van der Waals surface area (Å²) in [5, 5.41) is 5.63. The monoisotopic (exact) mass is 359 g/mol. The summed E-state index contributed by atoms with van der Waals surface area (Å²) in [6, 6.07) is 19.0. The van der Waals surface area contributed by atoms with Crippen LogP contribution in [0.4, 0.5) is 5.69 Å². The highest BCUT2D eigenvalue weighted by Gasteiger charge is 2.08. The lowest BCUT2D eigenvalue weighted by molar-refractivity contribution is 0.102. The number of halogens is 2. The van der Waals surface area contributed by atoms with Gasteiger partial charge < -0.3 is 5.32 Å². The Bertz CT molecular complexity index is 832. The fraction of sp³-hybridized carbons (Fsp3) is 0. The van der Waals surface area contributed by atoms with Gasteiger partial charge in [-0.2, -0.15) is 0 Å². The highest BCUT2D eigenvalue weighted by molar-refractivity contribution is 9.10. The average molecular weight is 361 g/mol. The molecule has 4 heteroatoms. The first-order valence-electron chi connectivity index (χ1n) is 6.39. The van der Waals surface area contributed by atoms with E-state index >= 15 is 0 Å². The van der Waals surface area contributed by atoms with Crippen LogP contribution >= 0.6 is 27.5 Å². The highest BCUT2D eigenvalue weighted by Crippen LogP contribution is 2.24. The molecule has 21 heavy (non-hydrogen) atoms. The third-order valence-electron chi connectivity index (χ3n) is 3.19. The molecule has 0 bridgehead atoms. The van der Waals surface area contributed by atoms with Crippen LogP contribution < -0.4 is 5.32 Å². The summed E-state index contributed by atoms with van der Waals surface area (Å²) >= 11 is 9.32. The minimum atomic E-state index is -0.181. The van der Waals surface area contributed by atoms with Crippen LogP contribution in [-0.2, 0) is 0 Å². The number of amides is 1. The van der Waals surface area contributed by atoms with Gasteiger partial charge in [0.15, 0.2) is 0 Å². The van der Waals surface area contributed by atoms with Gasteiger partial charge in [0.1, 0.15) is 0 Å². The number of carbonyl (C=O) groups excluding carboxylic acids is 1. The molecule has 3 rings (SSSR count). The van der Waals surface area contributed by atoms with Crippen molar-refractivity contribution in [3.63, 3.8) is 0 Å². The molecule has 1 amide bonds. The Morgan fingerprint density at radius 1 is 0.952 bits per heavy atom. The van der Waals surface area contributed by atoms with Crippen LogP contribution in [0.5, 0.6) is 0 Å². The van der Waals surface area contributed by atoms with Crippen molar-refractivity contribution < 1.29 is 4.79 Å². The molecule has 0 spiro atoms. The van der Waals surface area contributed by atoms with Crippen molar-refractivity contribution in [1.29, 1.82) is 0 Å². The molecule has 0 heterocycles. The van der Waals surface area contributed by atoms with Crippen molar-refractivity contribution in [3.8, 4) is 0 Å². The van der Waals surface area contributed by atoms with Crippen molar-refractivity contribution in [2.75, 3.05) is 5.32 Å². The largest absolute Gasteiger partial charge is 0.322 e. The molecule has 0 aliphatic rings. The fourth-order valence-corrected chi connectivity index (χ4v) is 2.53. The Balaban J connectivity index is 1.87. The summed E-state index contributed by atoms with van der Waals surface area (Å²) in [5.74, 6) is -0.181. The number of benzene rings is 3. The second kappa shape index (κ2) is 5.88. The van der Waals surface area contributed by atoms with E-state index in [9.17, 15) is 4.79 Å². The first-order chi connectivity index (χ1) is 10.1. The first kappa shape index (κ1) is 14.1. The summed E-state index contributed by atoms with van der Waals surface area (Å²) in [6.45, 7) is 0. The maximum atomic E-state index is 12.2. The summed E-state index contributed by atoms with van der Waals surface area (Å²) in [5.41, 5.74) is 1.29. The molecular weight excluding hydrogens is 350 g/mol. The van der Waals surface area contributed by atoms with Gasteiger partial charge in [-0.3, -0.25) is 4.79 Å². The Kier molecular flexibility index (Phi) is 3.95.